The number of hydrogen-bond acceptors (Lipinski definition) is 4. The Morgan fingerprint density at radius 2 is 2.25 bits per heavy atom. The first-order valence-corrected chi connectivity index (χ1v) is 7.34. The molecular formula is C15H17NO3S. The van der Waals surface area contributed by atoms with E-state index in [1.54, 1.807) is 29.5 Å². The average molecular weight is 291 g/mol. The summed E-state index contributed by atoms with van der Waals surface area (Å²) in [5.41, 5.74) is 1.26. The number of nitrogens with zero attached hydrogens (tertiary/aromatic N) is 1. The second-order valence-electron chi connectivity index (χ2n) is 4.76. The molecule has 0 atom stereocenters. The number of carbonyl (C=O) groups is 1. The van der Waals surface area contributed by atoms with Crippen LogP contribution in [0.15, 0.2) is 29.6 Å². The SMILES string of the molecule is CC(C)c1nc(CCOc2cccc(C(=O)O)c2)cs1. The number of hydrogen-bond donors (Lipinski definition) is 1. The number of thiazole rings is 1. The third kappa shape index (κ3) is 3.81. The van der Waals surface area contributed by atoms with Crippen molar-refractivity contribution in [2.75, 3.05) is 6.61 Å². The molecule has 0 aliphatic heterocycles. The van der Waals surface area contributed by atoms with E-state index in [9.17, 15) is 4.79 Å². The lowest BCUT2D eigenvalue weighted by Crippen LogP contribution is -2.03. The molecule has 5 heteroatoms. The molecule has 0 saturated heterocycles. The second-order valence-corrected chi connectivity index (χ2v) is 5.65. The van der Waals surface area contributed by atoms with E-state index < -0.39 is 5.97 Å². The summed E-state index contributed by atoms with van der Waals surface area (Å²) in [5, 5.41) is 12.1. The molecule has 2 rings (SSSR count). The van der Waals surface area contributed by atoms with Crippen molar-refractivity contribution in [2.45, 2.75) is 26.2 Å². The monoisotopic (exact) mass is 291 g/mol. The molecule has 0 aliphatic rings. The molecule has 0 aliphatic carbocycles. The molecule has 0 unspecified atom stereocenters. The maximum Gasteiger partial charge on any atom is 0.335 e. The minimum absolute atomic E-state index is 0.234. The molecule has 1 aromatic carbocycles. The second kappa shape index (κ2) is 6.52. The van der Waals surface area contributed by atoms with E-state index >= 15 is 0 Å². The number of carboxylic acids is 1. The third-order valence-electron chi connectivity index (χ3n) is 2.77. The zero-order valence-electron chi connectivity index (χ0n) is 11.5. The van der Waals surface area contributed by atoms with Crippen LogP contribution in [0, 0.1) is 0 Å². The Morgan fingerprint density at radius 3 is 2.90 bits per heavy atom. The molecule has 0 amide bonds. The minimum Gasteiger partial charge on any atom is -0.493 e. The predicted octanol–water partition coefficient (Wildman–Crippen LogP) is 3.59. The summed E-state index contributed by atoms with van der Waals surface area (Å²) in [5.74, 6) is 0.0719. The molecule has 1 heterocycles. The Morgan fingerprint density at radius 1 is 1.45 bits per heavy atom. The van der Waals surface area contributed by atoms with Crippen LogP contribution in [-0.2, 0) is 6.42 Å². The van der Waals surface area contributed by atoms with E-state index in [0.29, 0.717) is 18.3 Å². The molecule has 0 radical (unpaired) electrons. The average Bonchev–Trinajstić information content (AvgIpc) is 2.88. The van der Waals surface area contributed by atoms with Gasteiger partial charge in [-0.2, -0.15) is 0 Å². The molecule has 0 bridgehead atoms. The first-order chi connectivity index (χ1) is 9.56. The summed E-state index contributed by atoms with van der Waals surface area (Å²) in [4.78, 5) is 15.4. The molecular weight excluding hydrogens is 274 g/mol. The van der Waals surface area contributed by atoms with Gasteiger partial charge in [-0.3, -0.25) is 0 Å². The Hall–Kier alpha value is -1.88. The van der Waals surface area contributed by atoms with E-state index in [0.717, 1.165) is 17.1 Å². The summed E-state index contributed by atoms with van der Waals surface area (Å²) in [6, 6.07) is 6.51. The van der Waals surface area contributed by atoms with Crippen molar-refractivity contribution in [1.82, 2.24) is 4.98 Å². The van der Waals surface area contributed by atoms with E-state index in [2.05, 4.69) is 18.8 Å². The van der Waals surface area contributed by atoms with Crippen molar-refractivity contribution >= 4 is 17.3 Å². The molecule has 0 fully saturated rings. The zero-order valence-corrected chi connectivity index (χ0v) is 12.3. The van der Waals surface area contributed by atoms with Crippen molar-refractivity contribution in [3.8, 4) is 5.75 Å². The lowest BCUT2D eigenvalue weighted by atomic mass is 10.2. The van der Waals surface area contributed by atoms with Crippen LogP contribution in [0.1, 0.15) is 40.8 Å². The van der Waals surface area contributed by atoms with Crippen LogP contribution < -0.4 is 4.74 Å². The molecule has 20 heavy (non-hydrogen) atoms. The van der Waals surface area contributed by atoms with Gasteiger partial charge in [-0.15, -0.1) is 11.3 Å². The molecule has 2 aromatic rings. The smallest absolute Gasteiger partial charge is 0.335 e. The first kappa shape index (κ1) is 14.5. The van der Waals surface area contributed by atoms with E-state index in [4.69, 9.17) is 9.84 Å². The quantitative estimate of drug-likeness (QED) is 0.883. The van der Waals surface area contributed by atoms with Gasteiger partial charge in [-0.05, 0) is 18.2 Å². The minimum atomic E-state index is -0.948. The third-order valence-corrected chi connectivity index (χ3v) is 3.97. The fraction of sp³-hybridized carbons (Fsp3) is 0.333. The van der Waals surface area contributed by atoms with Crippen LogP contribution in [0.2, 0.25) is 0 Å². The van der Waals surface area contributed by atoms with Gasteiger partial charge in [0.25, 0.3) is 0 Å². The highest BCUT2D eigenvalue weighted by Gasteiger charge is 2.07. The normalized spacial score (nSPS) is 10.8. The van der Waals surface area contributed by atoms with Crippen molar-refractivity contribution in [3.05, 3.63) is 45.9 Å². The van der Waals surface area contributed by atoms with Crippen LogP contribution in [-0.4, -0.2) is 22.7 Å². The number of aromatic nitrogens is 1. The number of aromatic carboxylic acids is 1. The Balaban J connectivity index is 1.89. The van der Waals surface area contributed by atoms with Crippen molar-refractivity contribution in [1.29, 1.82) is 0 Å². The Kier molecular flexibility index (Phi) is 4.74. The summed E-state index contributed by atoms with van der Waals surface area (Å²) < 4.78 is 5.57. The van der Waals surface area contributed by atoms with Crippen LogP contribution in [0.3, 0.4) is 0 Å². The summed E-state index contributed by atoms with van der Waals surface area (Å²) >= 11 is 1.67. The van der Waals surface area contributed by atoms with Gasteiger partial charge in [-0.25, -0.2) is 9.78 Å². The van der Waals surface area contributed by atoms with Crippen molar-refractivity contribution in [3.63, 3.8) is 0 Å². The van der Waals surface area contributed by atoms with E-state index in [1.165, 1.54) is 6.07 Å². The van der Waals surface area contributed by atoms with Gasteiger partial charge in [0.15, 0.2) is 0 Å². The Labute approximate surface area is 122 Å². The van der Waals surface area contributed by atoms with Gasteiger partial charge in [-0.1, -0.05) is 19.9 Å². The maximum absolute atomic E-state index is 10.9. The van der Waals surface area contributed by atoms with Gasteiger partial charge < -0.3 is 9.84 Å². The lowest BCUT2D eigenvalue weighted by Gasteiger charge is -2.05. The van der Waals surface area contributed by atoms with Crippen molar-refractivity contribution in [2.24, 2.45) is 0 Å². The molecule has 0 spiro atoms. The highest BCUT2D eigenvalue weighted by molar-refractivity contribution is 7.09. The predicted molar refractivity (Wildman–Crippen MR) is 78.8 cm³/mol. The number of carboxylic acid groups (broad SMARTS) is 1. The van der Waals surface area contributed by atoms with Gasteiger partial charge >= 0.3 is 5.97 Å². The molecule has 4 nitrogen and oxygen atoms in total. The number of rotatable bonds is 6. The highest BCUT2D eigenvalue weighted by Crippen LogP contribution is 2.20. The van der Waals surface area contributed by atoms with Gasteiger partial charge in [0.1, 0.15) is 5.75 Å². The lowest BCUT2D eigenvalue weighted by molar-refractivity contribution is 0.0696. The molecule has 106 valence electrons. The summed E-state index contributed by atoms with van der Waals surface area (Å²) in [6.07, 6.45) is 0.723. The van der Waals surface area contributed by atoms with Crippen LogP contribution in [0.5, 0.6) is 5.75 Å². The summed E-state index contributed by atoms with van der Waals surface area (Å²) in [7, 11) is 0. The van der Waals surface area contributed by atoms with Crippen LogP contribution in [0.25, 0.3) is 0 Å². The standard InChI is InChI=1S/C15H17NO3S/c1-10(2)14-16-12(9-20-14)6-7-19-13-5-3-4-11(8-13)15(17)18/h3-5,8-10H,6-7H2,1-2H3,(H,17,18). The van der Waals surface area contributed by atoms with Crippen LogP contribution >= 0.6 is 11.3 Å². The number of ether oxygens (including phenoxy) is 1. The first-order valence-electron chi connectivity index (χ1n) is 6.46. The van der Waals surface area contributed by atoms with Crippen molar-refractivity contribution < 1.29 is 14.6 Å². The van der Waals surface area contributed by atoms with Gasteiger partial charge in [0.05, 0.1) is 22.9 Å². The van der Waals surface area contributed by atoms with Crippen LogP contribution in [0.4, 0.5) is 0 Å². The topological polar surface area (TPSA) is 59.4 Å². The molecule has 0 saturated carbocycles. The molecule has 1 N–H and O–H groups in total. The summed E-state index contributed by atoms with van der Waals surface area (Å²) in [6.45, 7) is 4.73. The largest absolute Gasteiger partial charge is 0.493 e. The van der Waals surface area contributed by atoms with E-state index in [1.807, 2.05) is 5.38 Å². The fourth-order valence-corrected chi connectivity index (χ4v) is 2.56. The van der Waals surface area contributed by atoms with Gasteiger partial charge in [0, 0.05) is 17.7 Å². The Bertz CT molecular complexity index is 592. The maximum atomic E-state index is 10.9. The number of benzene rings is 1. The zero-order chi connectivity index (χ0) is 14.5. The highest BCUT2D eigenvalue weighted by atomic mass is 32.1. The molecule has 1 aromatic heterocycles. The fourth-order valence-electron chi connectivity index (χ4n) is 1.70. The van der Waals surface area contributed by atoms with E-state index in [-0.39, 0.29) is 5.56 Å². The van der Waals surface area contributed by atoms with Gasteiger partial charge in [0.2, 0.25) is 0 Å².